The number of aromatic carboxylic acids is 1. The molecular weight excluding hydrogens is 226 g/mol. The molecule has 2 N–H and O–H groups in total. The summed E-state index contributed by atoms with van der Waals surface area (Å²) in [6.45, 7) is 2.94. The first kappa shape index (κ1) is 14.1. The number of hydrogen-bond donors (Lipinski definition) is 2. The van der Waals surface area contributed by atoms with Gasteiger partial charge in [-0.25, -0.2) is 4.79 Å². The lowest BCUT2D eigenvalue weighted by Gasteiger charge is -2.03. The van der Waals surface area contributed by atoms with Gasteiger partial charge in [-0.2, -0.15) is 0 Å². The van der Waals surface area contributed by atoms with Crippen molar-refractivity contribution in [3.63, 3.8) is 0 Å². The average molecular weight is 245 g/mol. The van der Waals surface area contributed by atoms with Gasteiger partial charge in [0.15, 0.2) is 0 Å². The third-order valence-electron chi connectivity index (χ3n) is 2.49. The Kier molecular flexibility index (Phi) is 6.42. The van der Waals surface area contributed by atoms with Crippen LogP contribution < -0.4 is 5.32 Å². The minimum absolute atomic E-state index is 0.305. The van der Waals surface area contributed by atoms with Crippen LogP contribution in [0.25, 0.3) is 0 Å². The molecule has 1 aromatic rings. The monoisotopic (exact) mass is 245 g/mol. The highest BCUT2D eigenvalue weighted by atomic mass is 16.4. The molecule has 1 rings (SSSR count). The van der Waals surface area contributed by atoms with Crippen LogP contribution in [0.15, 0.2) is 24.3 Å². The van der Waals surface area contributed by atoms with E-state index in [0.717, 1.165) is 31.5 Å². The molecule has 0 spiro atoms. The lowest BCUT2D eigenvalue weighted by molar-refractivity contribution is 0.0697. The molecule has 18 heavy (non-hydrogen) atoms. The van der Waals surface area contributed by atoms with Gasteiger partial charge in [-0.15, -0.1) is 11.8 Å². The largest absolute Gasteiger partial charge is 0.478 e. The molecule has 3 nitrogen and oxygen atoms in total. The van der Waals surface area contributed by atoms with Gasteiger partial charge in [0.05, 0.1) is 5.56 Å². The van der Waals surface area contributed by atoms with E-state index >= 15 is 0 Å². The Morgan fingerprint density at radius 2 is 1.89 bits per heavy atom. The summed E-state index contributed by atoms with van der Waals surface area (Å²) in [6, 6.07) is 6.73. The molecule has 0 aromatic heterocycles. The van der Waals surface area contributed by atoms with Crippen LogP contribution in [0.2, 0.25) is 0 Å². The fourth-order valence-corrected chi connectivity index (χ4v) is 1.44. The topological polar surface area (TPSA) is 49.3 Å². The summed E-state index contributed by atoms with van der Waals surface area (Å²) in [5.41, 5.74) is 1.23. The Morgan fingerprint density at radius 3 is 2.50 bits per heavy atom. The zero-order valence-electron chi connectivity index (χ0n) is 10.7. The van der Waals surface area contributed by atoms with Gasteiger partial charge in [-0.3, -0.25) is 0 Å². The molecule has 0 atom stereocenters. The Bertz CT molecular complexity index is 426. The van der Waals surface area contributed by atoms with Crippen molar-refractivity contribution in [3.8, 4) is 11.8 Å². The number of anilines is 1. The zero-order chi connectivity index (χ0) is 13.2. The van der Waals surface area contributed by atoms with Crippen molar-refractivity contribution in [2.45, 2.75) is 32.6 Å². The predicted octanol–water partition coefficient (Wildman–Crippen LogP) is 3.38. The minimum atomic E-state index is -0.900. The average Bonchev–Trinajstić information content (AvgIpc) is 2.38. The van der Waals surface area contributed by atoms with Crippen LogP contribution in [-0.4, -0.2) is 17.6 Å². The van der Waals surface area contributed by atoms with Crippen LogP contribution in [0.4, 0.5) is 5.69 Å². The van der Waals surface area contributed by atoms with E-state index in [9.17, 15) is 4.79 Å². The fraction of sp³-hybridized carbons (Fsp3) is 0.400. The van der Waals surface area contributed by atoms with Crippen LogP contribution in [0.3, 0.4) is 0 Å². The molecule has 0 fully saturated rings. The molecule has 96 valence electrons. The van der Waals surface area contributed by atoms with Crippen molar-refractivity contribution in [2.24, 2.45) is 0 Å². The van der Waals surface area contributed by atoms with E-state index in [0.29, 0.717) is 5.56 Å². The molecule has 0 aliphatic carbocycles. The standard InChI is InChI=1S/C15H19NO2/c1-2-3-4-5-6-7-12-16-14-10-8-13(9-11-14)15(17)18/h8-11,16H,2-4,7,12H2,1H3,(H,17,18). The third kappa shape index (κ3) is 5.40. The second-order valence-electron chi connectivity index (χ2n) is 4.02. The number of benzene rings is 1. The van der Waals surface area contributed by atoms with Crippen LogP contribution in [0.5, 0.6) is 0 Å². The van der Waals surface area contributed by atoms with E-state index in [1.54, 1.807) is 24.3 Å². The van der Waals surface area contributed by atoms with Gasteiger partial charge in [-0.1, -0.05) is 13.3 Å². The highest BCUT2D eigenvalue weighted by Gasteiger charge is 2.00. The number of hydrogen-bond acceptors (Lipinski definition) is 2. The predicted molar refractivity (Wildman–Crippen MR) is 73.8 cm³/mol. The molecule has 1 aromatic carbocycles. The van der Waals surface area contributed by atoms with Crippen LogP contribution in [-0.2, 0) is 0 Å². The van der Waals surface area contributed by atoms with Gasteiger partial charge in [-0.05, 0) is 30.7 Å². The van der Waals surface area contributed by atoms with Gasteiger partial charge in [0.2, 0.25) is 0 Å². The molecule has 0 amide bonds. The quantitative estimate of drug-likeness (QED) is 0.596. The third-order valence-corrected chi connectivity index (χ3v) is 2.49. The first-order valence-corrected chi connectivity index (χ1v) is 6.27. The van der Waals surface area contributed by atoms with E-state index in [4.69, 9.17) is 5.11 Å². The van der Waals surface area contributed by atoms with Crippen molar-refractivity contribution in [3.05, 3.63) is 29.8 Å². The molecule has 3 heteroatoms. The normalized spacial score (nSPS) is 9.39. The van der Waals surface area contributed by atoms with E-state index < -0.39 is 5.97 Å². The maximum atomic E-state index is 10.7. The van der Waals surface area contributed by atoms with Crippen molar-refractivity contribution in [2.75, 3.05) is 11.9 Å². The summed E-state index contributed by atoms with van der Waals surface area (Å²) in [4.78, 5) is 10.7. The molecule has 0 bridgehead atoms. The number of unbranched alkanes of at least 4 members (excludes halogenated alkanes) is 2. The summed E-state index contributed by atoms with van der Waals surface area (Å²) in [6.07, 6.45) is 4.13. The van der Waals surface area contributed by atoms with E-state index in [-0.39, 0.29) is 0 Å². The molecular formula is C15H19NO2. The Hall–Kier alpha value is -1.95. The summed E-state index contributed by atoms with van der Waals surface area (Å²) < 4.78 is 0. The van der Waals surface area contributed by atoms with Gasteiger partial charge < -0.3 is 10.4 Å². The van der Waals surface area contributed by atoms with Crippen molar-refractivity contribution in [1.82, 2.24) is 0 Å². The first-order valence-electron chi connectivity index (χ1n) is 6.27. The molecule has 0 heterocycles. The SMILES string of the molecule is CCCCC#CCCNc1ccc(C(=O)O)cc1. The Labute approximate surface area is 108 Å². The summed E-state index contributed by atoms with van der Waals surface area (Å²) in [5.74, 6) is 5.34. The van der Waals surface area contributed by atoms with Gasteiger partial charge in [0.1, 0.15) is 0 Å². The first-order chi connectivity index (χ1) is 8.74. The molecule has 0 aliphatic rings. The number of carboxylic acid groups (broad SMARTS) is 1. The minimum Gasteiger partial charge on any atom is -0.478 e. The number of carboxylic acids is 1. The molecule has 0 unspecified atom stereocenters. The molecule has 0 saturated heterocycles. The summed E-state index contributed by atoms with van der Waals surface area (Å²) >= 11 is 0. The highest BCUT2D eigenvalue weighted by molar-refractivity contribution is 5.87. The zero-order valence-corrected chi connectivity index (χ0v) is 10.7. The summed E-state index contributed by atoms with van der Waals surface area (Å²) in [5, 5.41) is 12.0. The molecule has 0 saturated carbocycles. The highest BCUT2D eigenvalue weighted by Crippen LogP contribution is 2.09. The molecule has 0 radical (unpaired) electrons. The number of nitrogens with one attached hydrogen (secondary N) is 1. The van der Waals surface area contributed by atoms with Gasteiger partial charge in [0.25, 0.3) is 0 Å². The maximum absolute atomic E-state index is 10.7. The van der Waals surface area contributed by atoms with Crippen molar-refractivity contribution >= 4 is 11.7 Å². The molecule has 0 aliphatic heterocycles. The smallest absolute Gasteiger partial charge is 0.335 e. The van der Waals surface area contributed by atoms with Gasteiger partial charge in [0, 0.05) is 25.1 Å². The van der Waals surface area contributed by atoms with E-state index in [2.05, 4.69) is 24.1 Å². The van der Waals surface area contributed by atoms with Crippen molar-refractivity contribution in [1.29, 1.82) is 0 Å². The Morgan fingerprint density at radius 1 is 1.22 bits per heavy atom. The lowest BCUT2D eigenvalue weighted by atomic mass is 10.2. The van der Waals surface area contributed by atoms with E-state index in [1.807, 2.05) is 0 Å². The fourth-order valence-electron chi connectivity index (χ4n) is 1.44. The van der Waals surface area contributed by atoms with Crippen LogP contribution in [0, 0.1) is 11.8 Å². The second kappa shape index (κ2) is 8.19. The summed E-state index contributed by atoms with van der Waals surface area (Å²) in [7, 11) is 0. The Balaban J connectivity index is 2.26. The van der Waals surface area contributed by atoms with Crippen molar-refractivity contribution < 1.29 is 9.90 Å². The maximum Gasteiger partial charge on any atom is 0.335 e. The lowest BCUT2D eigenvalue weighted by Crippen LogP contribution is -2.01. The second-order valence-corrected chi connectivity index (χ2v) is 4.02. The van der Waals surface area contributed by atoms with Crippen LogP contribution in [0.1, 0.15) is 43.0 Å². The number of rotatable bonds is 6. The number of carbonyl (C=O) groups is 1. The van der Waals surface area contributed by atoms with E-state index in [1.165, 1.54) is 6.42 Å². The van der Waals surface area contributed by atoms with Crippen LogP contribution >= 0.6 is 0 Å². The van der Waals surface area contributed by atoms with Gasteiger partial charge >= 0.3 is 5.97 Å².